The second-order valence-corrected chi connectivity index (χ2v) is 13.3. The Balaban J connectivity index is 1.25. The lowest BCUT2D eigenvalue weighted by Crippen LogP contribution is -2.13. The molecule has 0 fully saturated rings. The van der Waals surface area contributed by atoms with E-state index < -0.39 is 28.5 Å². The number of carbonyl (C=O) groups is 4. The van der Waals surface area contributed by atoms with Crippen molar-refractivity contribution in [2.45, 2.75) is 19.3 Å². The third-order valence-electron chi connectivity index (χ3n) is 8.34. The highest BCUT2D eigenvalue weighted by Gasteiger charge is 2.41. The molecule has 0 atom stereocenters. The first-order valence-corrected chi connectivity index (χ1v) is 15.0. The minimum absolute atomic E-state index is 0.0189. The largest absolute Gasteiger partial charge is 0.288 e. The number of nitriles is 2. The number of hydrogen-bond donors (Lipinski definition) is 0. The number of ketones is 4. The fourth-order valence-corrected chi connectivity index (χ4v) is 8.68. The van der Waals surface area contributed by atoms with Gasteiger partial charge in [0.15, 0.2) is 34.5 Å². The number of hydrogen-bond acceptors (Lipinski definition) is 8. The summed E-state index contributed by atoms with van der Waals surface area (Å²) in [5.74, 6) is -1.95. The molecule has 45 heavy (non-hydrogen) atoms. The molecule has 2 aromatic carbocycles. The van der Waals surface area contributed by atoms with Crippen molar-refractivity contribution in [3.05, 3.63) is 125 Å². The molecule has 0 saturated heterocycles. The van der Waals surface area contributed by atoms with E-state index in [1.54, 1.807) is 12.2 Å². The van der Waals surface area contributed by atoms with Crippen molar-refractivity contribution in [1.29, 1.82) is 10.5 Å². The summed E-state index contributed by atoms with van der Waals surface area (Å²) in [5.41, 5.74) is 2.16. The number of nitrogens with zero attached hydrogens (tertiary/aromatic N) is 4. The number of benzene rings is 2. The standard InChI is InChI=1S/C35H14N4O4S2/c1-35(2)25-9-17(7-23-29(40)19-5-15(13-36)16(14-37)6-20(19)30(23)41)44-33(25)34-26(35)10-18(45-34)8-24-31(42)21-11-27(38-3)28(39-4)12-22(21)32(24)43/h5-12H,1-2H3. The molecule has 2 heterocycles. The SMILES string of the molecule is [C-]#[N+]c1cc2c(cc1[N+]#[C-])C(=O)C(=Cc1cc3c(s1)-c1sc(C=C4C(=O)c5cc(C#N)c(C#N)cc5C4=O)cc1C3(C)C)C2=O. The number of thiophene rings is 2. The van der Waals surface area contributed by atoms with Crippen molar-refractivity contribution in [2.24, 2.45) is 0 Å². The molecule has 210 valence electrons. The zero-order valence-corrected chi connectivity index (χ0v) is 25.0. The van der Waals surface area contributed by atoms with E-state index in [1.165, 1.54) is 46.9 Å². The van der Waals surface area contributed by atoms with Crippen molar-refractivity contribution in [3.8, 4) is 21.9 Å². The summed E-state index contributed by atoms with van der Waals surface area (Å²) >= 11 is 2.84. The van der Waals surface area contributed by atoms with Gasteiger partial charge in [-0.15, -0.1) is 22.7 Å². The molecule has 0 amide bonds. The summed E-state index contributed by atoms with van der Waals surface area (Å²) in [6.45, 7) is 18.7. The Morgan fingerprint density at radius 1 is 0.644 bits per heavy atom. The van der Waals surface area contributed by atoms with Gasteiger partial charge in [0, 0.05) is 47.2 Å². The molecule has 2 aromatic heterocycles. The van der Waals surface area contributed by atoms with Crippen LogP contribution in [0.5, 0.6) is 0 Å². The first-order valence-electron chi connectivity index (χ1n) is 13.3. The van der Waals surface area contributed by atoms with Crippen LogP contribution < -0.4 is 0 Å². The van der Waals surface area contributed by atoms with Crippen LogP contribution in [0.3, 0.4) is 0 Å². The van der Waals surface area contributed by atoms with Crippen LogP contribution in [0.2, 0.25) is 0 Å². The summed E-state index contributed by atoms with van der Waals surface area (Å²) in [5, 5.41) is 18.7. The number of rotatable bonds is 2. The van der Waals surface area contributed by atoms with E-state index in [4.69, 9.17) is 13.1 Å². The third kappa shape index (κ3) is 3.78. The van der Waals surface area contributed by atoms with Crippen molar-refractivity contribution < 1.29 is 19.2 Å². The second-order valence-electron chi connectivity index (χ2n) is 11.1. The van der Waals surface area contributed by atoms with E-state index in [0.29, 0.717) is 9.75 Å². The lowest BCUT2D eigenvalue weighted by Gasteiger charge is -2.18. The van der Waals surface area contributed by atoms with E-state index in [0.717, 1.165) is 20.9 Å². The van der Waals surface area contributed by atoms with Crippen LogP contribution in [-0.2, 0) is 5.41 Å². The maximum Gasteiger partial charge on any atom is 0.197 e. The van der Waals surface area contributed by atoms with Gasteiger partial charge in [-0.25, -0.2) is 0 Å². The van der Waals surface area contributed by atoms with Gasteiger partial charge in [-0.05, 0) is 47.5 Å². The van der Waals surface area contributed by atoms with Crippen molar-refractivity contribution in [3.63, 3.8) is 0 Å². The van der Waals surface area contributed by atoms with E-state index in [2.05, 4.69) is 23.5 Å². The normalized spacial score (nSPS) is 15.1. The minimum Gasteiger partial charge on any atom is -0.288 e. The molecular formula is C35H14N4O4S2. The van der Waals surface area contributed by atoms with Gasteiger partial charge in [0.1, 0.15) is 12.1 Å². The Labute approximate surface area is 264 Å². The smallest absolute Gasteiger partial charge is 0.197 e. The highest BCUT2D eigenvalue weighted by atomic mass is 32.1. The zero-order valence-electron chi connectivity index (χ0n) is 23.4. The Bertz CT molecular complexity index is 2150. The van der Waals surface area contributed by atoms with Crippen LogP contribution in [0.4, 0.5) is 11.4 Å². The molecule has 0 aliphatic heterocycles. The molecule has 0 saturated carbocycles. The summed E-state index contributed by atoms with van der Waals surface area (Å²) in [7, 11) is 0. The van der Waals surface area contributed by atoms with Crippen molar-refractivity contribution >= 4 is 69.3 Å². The molecule has 0 spiro atoms. The van der Waals surface area contributed by atoms with Crippen LogP contribution in [-0.4, -0.2) is 23.1 Å². The monoisotopic (exact) mass is 618 g/mol. The maximum absolute atomic E-state index is 13.2. The molecule has 0 N–H and O–H groups in total. The Morgan fingerprint density at radius 3 is 1.33 bits per heavy atom. The van der Waals surface area contributed by atoms with E-state index in [-0.39, 0.29) is 55.9 Å². The molecule has 8 nitrogen and oxygen atoms in total. The summed E-state index contributed by atoms with van der Waals surface area (Å²) in [4.78, 5) is 62.7. The third-order valence-corrected chi connectivity index (χ3v) is 10.7. The number of fused-ring (bicyclic) bond motifs is 5. The van der Waals surface area contributed by atoms with Crippen LogP contribution in [0.1, 0.15) is 87.3 Å². The molecular weight excluding hydrogens is 605 g/mol. The fraction of sp³-hybridized carbons (Fsp3) is 0.0857. The Hall–Kier alpha value is -6.04. The lowest BCUT2D eigenvalue weighted by atomic mass is 9.83. The average Bonchev–Trinajstić information content (AvgIpc) is 3.80. The van der Waals surface area contributed by atoms with Gasteiger partial charge in [-0.2, -0.15) is 10.5 Å². The minimum atomic E-state index is -0.492. The molecule has 4 aromatic rings. The summed E-state index contributed by atoms with van der Waals surface area (Å²) in [6.07, 6.45) is 3.12. The molecule has 3 aliphatic carbocycles. The van der Waals surface area contributed by atoms with Crippen LogP contribution in [0.15, 0.2) is 47.5 Å². The highest BCUT2D eigenvalue weighted by Crippen LogP contribution is 2.56. The van der Waals surface area contributed by atoms with Gasteiger partial charge in [0.05, 0.1) is 35.4 Å². The lowest BCUT2D eigenvalue weighted by molar-refractivity contribution is 0.0975. The van der Waals surface area contributed by atoms with Crippen LogP contribution in [0.25, 0.3) is 31.6 Å². The molecule has 3 aliphatic rings. The number of allylic oxidation sites excluding steroid dienone is 2. The van der Waals surface area contributed by atoms with Gasteiger partial charge in [0.2, 0.25) is 0 Å². The number of Topliss-reactive ketones (excluding diaryl/α,β-unsaturated/α-hetero) is 4. The van der Waals surface area contributed by atoms with Gasteiger partial charge >= 0.3 is 0 Å². The molecule has 0 unspecified atom stereocenters. The quantitative estimate of drug-likeness (QED) is 0.128. The Kier molecular flexibility index (Phi) is 5.85. The van der Waals surface area contributed by atoms with Gasteiger partial charge in [0.25, 0.3) is 0 Å². The average molecular weight is 619 g/mol. The first kappa shape index (κ1) is 27.8. The predicted molar refractivity (Wildman–Crippen MR) is 168 cm³/mol. The maximum atomic E-state index is 13.2. The predicted octanol–water partition coefficient (Wildman–Crippen LogP) is 7.89. The second kappa shape index (κ2) is 9.48. The molecule has 0 radical (unpaired) electrons. The highest BCUT2D eigenvalue weighted by molar-refractivity contribution is 7.23. The topological polar surface area (TPSA) is 125 Å². The fourth-order valence-electron chi connectivity index (χ4n) is 6.00. The van der Waals surface area contributed by atoms with Gasteiger partial charge in [-0.1, -0.05) is 26.0 Å². The van der Waals surface area contributed by atoms with E-state index in [9.17, 15) is 29.7 Å². The van der Waals surface area contributed by atoms with Crippen LogP contribution in [0, 0.1) is 35.8 Å². The van der Waals surface area contributed by atoms with Gasteiger partial charge in [-0.3, -0.25) is 28.9 Å². The van der Waals surface area contributed by atoms with E-state index in [1.807, 2.05) is 24.3 Å². The zero-order chi connectivity index (χ0) is 31.9. The Morgan fingerprint density at radius 2 is 1.00 bits per heavy atom. The molecule has 0 bridgehead atoms. The van der Waals surface area contributed by atoms with Gasteiger partial charge < -0.3 is 0 Å². The first-order chi connectivity index (χ1) is 21.5. The molecule has 7 rings (SSSR count). The van der Waals surface area contributed by atoms with Crippen molar-refractivity contribution in [2.75, 3.05) is 0 Å². The number of carbonyl (C=O) groups excluding carboxylic acids is 4. The summed E-state index contributed by atoms with van der Waals surface area (Å²) in [6, 6.07) is 12.9. The molecule has 10 heteroatoms. The van der Waals surface area contributed by atoms with Crippen molar-refractivity contribution in [1.82, 2.24) is 0 Å². The van der Waals surface area contributed by atoms with E-state index >= 15 is 0 Å². The summed E-state index contributed by atoms with van der Waals surface area (Å²) < 4.78 is 0. The van der Waals surface area contributed by atoms with Crippen LogP contribution >= 0.6 is 22.7 Å².